The summed E-state index contributed by atoms with van der Waals surface area (Å²) in [5.41, 5.74) is 7.52. The van der Waals surface area contributed by atoms with Crippen molar-refractivity contribution in [3.63, 3.8) is 0 Å². The number of benzene rings is 5. The summed E-state index contributed by atoms with van der Waals surface area (Å²) in [6.45, 7) is 0. The average Bonchev–Trinajstić information content (AvgIpc) is 3.02. The Labute approximate surface area is 266 Å². The Morgan fingerprint density at radius 3 is 2.04 bits per heavy atom. The highest BCUT2D eigenvalue weighted by molar-refractivity contribution is 9.10. The van der Waals surface area contributed by atoms with E-state index < -0.39 is 23.6 Å². The first-order chi connectivity index (χ1) is 21.5. The Bertz CT molecular complexity index is 1760. The molecule has 0 fully saturated rings. The number of carboxylic acids is 1. The normalized spacial score (nSPS) is 10.8. The number of halogens is 4. The summed E-state index contributed by atoms with van der Waals surface area (Å²) < 4.78 is 49.8. The molecule has 45 heavy (non-hydrogen) atoms. The molecule has 0 saturated heterocycles. The highest BCUT2D eigenvalue weighted by Gasteiger charge is 2.30. The van der Waals surface area contributed by atoms with Crippen LogP contribution in [-0.4, -0.2) is 17.0 Å². The third-order valence-electron chi connectivity index (χ3n) is 6.35. The minimum atomic E-state index is -4.47. The highest BCUT2D eigenvalue weighted by Crippen LogP contribution is 2.35. The standard InChI is InChI=1S/C21H18O3.C14H9BrF3NO2/c22-21(23)15-12-16-10-13-17(14-11-16)19-8-4-5-9-20(19)24-18-6-2-1-3-7-18;15-9-4-5-12(11(7-9)13(19)20)21-10-3-1-2-8(6-10)14(16,17)18/h1-11,13-14H,12,15H2,(H,22,23);1-7H,(H2,19,20). The van der Waals surface area contributed by atoms with Crippen LogP contribution in [0.1, 0.15) is 27.9 Å². The van der Waals surface area contributed by atoms with Crippen LogP contribution >= 0.6 is 15.9 Å². The number of aryl methyl sites for hydroxylation is 1. The van der Waals surface area contributed by atoms with Crippen LogP contribution in [0.5, 0.6) is 23.0 Å². The fourth-order valence-corrected chi connectivity index (χ4v) is 4.52. The number of nitrogens with two attached hydrogens (primary N) is 1. The number of amides is 1. The molecule has 0 heterocycles. The van der Waals surface area contributed by atoms with Gasteiger partial charge in [0.05, 0.1) is 11.1 Å². The van der Waals surface area contributed by atoms with Gasteiger partial charge >= 0.3 is 12.1 Å². The number of carbonyl (C=O) groups is 2. The molecule has 0 bridgehead atoms. The van der Waals surface area contributed by atoms with Crippen molar-refractivity contribution >= 4 is 27.8 Å². The van der Waals surface area contributed by atoms with E-state index >= 15 is 0 Å². The van der Waals surface area contributed by atoms with Gasteiger partial charge in [0, 0.05) is 16.5 Å². The SMILES string of the molecule is NC(=O)c1cc(Br)ccc1Oc1cccc(C(F)(F)F)c1.O=C(O)CCc1ccc(-c2ccccc2Oc2ccccc2)cc1. The van der Waals surface area contributed by atoms with Crippen LogP contribution in [0.2, 0.25) is 0 Å². The molecule has 0 spiro atoms. The first kappa shape index (κ1) is 32.8. The molecule has 0 aliphatic rings. The third-order valence-corrected chi connectivity index (χ3v) is 6.84. The molecular weight excluding hydrogens is 651 g/mol. The van der Waals surface area contributed by atoms with Gasteiger partial charge in [-0.1, -0.05) is 82.7 Å². The van der Waals surface area contributed by atoms with E-state index in [1.54, 1.807) is 6.07 Å². The second kappa shape index (κ2) is 15.1. The monoisotopic (exact) mass is 677 g/mol. The molecule has 10 heteroatoms. The molecule has 6 nitrogen and oxygen atoms in total. The maximum atomic E-state index is 12.6. The number of hydrogen-bond donors (Lipinski definition) is 2. The molecule has 230 valence electrons. The summed E-state index contributed by atoms with van der Waals surface area (Å²) in [5, 5.41) is 8.77. The van der Waals surface area contributed by atoms with Gasteiger partial charge in [0.2, 0.25) is 0 Å². The zero-order valence-corrected chi connectivity index (χ0v) is 25.2. The topological polar surface area (TPSA) is 98.9 Å². The van der Waals surface area contributed by atoms with Crippen LogP contribution in [0.3, 0.4) is 0 Å². The molecule has 5 aromatic carbocycles. The average molecular weight is 679 g/mol. The van der Waals surface area contributed by atoms with Crippen molar-refractivity contribution in [2.24, 2.45) is 5.73 Å². The quantitative estimate of drug-likeness (QED) is 0.162. The maximum Gasteiger partial charge on any atom is 0.416 e. The number of carbonyl (C=O) groups excluding carboxylic acids is 1. The molecule has 0 aliphatic heterocycles. The lowest BCUT2D eigenvalue weighted by atomic mass is 10.0. The molecule has 0 unspecified atom stereocenters. The summed E-state index contributed by atoms with van der Waals surface area (Å²) in [6, 6.07) is 34.4. The molecule has 3 N–H and O–H groups in total. The van der Waals surface area contributed by atoms with Crippen molar-refractivity contribution in [1.29, 1.82) is 0 Å². The van der Waals surface area contributed by atoms with Gasteiger partial charge in [-0.2, -0.15) is 13.2 Å². The van der Waals surface area contributed by atoms with E-state index in [1.165, 1.54) is 24.3 Å². The Hall–Kier alpha value is -5.09. The smallest absolute Gasteiger partial charge is 0.416 e. The van der Waals surface area contributed by atoms with Gasteiger partial charge < -0.3 is 20.3 Å². The van der Waals surface area contributed by atoms with Crippen LogP contribution in [0, 0.1) is 0 Å². The van der Waals surface area contributed by atoms with Gasteiger partial charge in [0.1, 0.15) is 23.0 Å². The van der Waals surface area contributed by atoms with Crippen LogP contribution in [0.25, 0.3) is 11.1 Å². The zero-order chi connectivity index (χ0) is 32.4. The summed E-state index contributed by atoms with van der Waals surface area (Å²) in [7, 11) is 0. The fraction of sp³-hybridized carbons (Fsp3) is 0.0857. The Balaban J connectivity index is 0.000000207. The fourth-order valence-electron chi connectivity index (χ4n) is 4.16. The number of carboxylic acid groups (broad SMARTS) is 1. The van der Waals surface area contributed by atoms with Gasteiger partial charge in [-0.25, -0.2) is 0 Å². The van der Waals surface area contributed by atoms with E-state index in [2.05, 4.69) is 15.9 Å². The number of para-hydroxylation sites is 2. The summed E-state index contributed by atoms with van der Waals surface area (Å²) in [6.07, 6.45) is -3.78. The predicted molar refractivity (Wildman–Crippen MR) is 169 cm³/mol. The third kappa shape index (κ3) is 9.70. The molecule has 5 rings (SSSR count). The lowest BCUT2D eigenvalue weighted by molar-refractivity contribution is -0.138. The number of primary amides is 1. The molecule has 0 atom stereocenters. The molecule has 5 aromatic rings. The Kier molecular flexibility index (Phi) is 11.0. The van der Waals surface area contributed by atoms with Crippen molar-refractivity contribution in [3.05, 3.63) is 142 Å². The van der Waals surface area contributed by atoms with Gasteiger partial charge in [0.15, 0.2) is 0 Å². The second-order valence-electron chi connectivity index (χ2n) is 9.63. The van der Waals surface area contributed by atoms with Crippen LogP contribution < -0.4 is 15.2 Å². The lowest BCUT2D eigenvalue weighted by Gasteiger charge is -2.12. The van der Waals surface area contributed by atoms with E-state index in [1.807, 2.05) is 78.9 Å². The van der Waals surface area contributed by atoms with E-state index in [-0.39, 0.29) is 23.5 Å². The lowest BCUT2D eigenvalue weighted by Crippen LogP contribution is -2.12. The van der Waals surface area contributed by atoms with Crippen molar-refractivity contribution in [1.82, 2.24) is 0 Å². The molecule has 0 saturated carbocycles. The van der Waals surface area contributed by atoms with Gasteiger partial charge in [-0.05, 0) is 72.1 Å². The molecule has 0 radical (unpaired) electrons. The minimum Gasteiger partial charge on any atom is -0.481 e. The van der Waals surface area contributed by atoms with E-state index in [0.29, 0.717) is 10.9 Å². The maximum absolute atomic E-state index is 12.6. The highest BCUT2D eigenvalue weighted by atomic mass is 79.9. The van der Waals surface area contributed by atoms with E-state index in [4.69, 9.17) is 20.3 Å². The molecule has 1 amide bonds. The van der Waals surface area contributed by atoms with Gasteiger partial charge in [-0.15, -0.1) is 0 Å². The van der Waals surface area contributed by atoms with Crippen molar-refractivity contribution in [2.75, 3.05) is 0 Å². The summed E-state index contributed by atoms with van der Waals surface area (Å²) >= 11 is 3.18. The summed E-state index contributed by atoms with van der Waals surface area (Å²) in [5.74, 6) is 0.128. The largest absolute Gasteiger partial charge is 0.481 e. The van der Waals surface area contributed by atoms with Gasteiger partial charge in [0.25, 0.3) is 5.91 Å². The number of alkyl halides is 3. The zero-order valence-electron chi connectivity index (χ0n) is 23.6. The molecule has 0 aromatic heterocycles. The van der Waals surface area contributed by atoms with Crippen molar-refractivity contribution in [3.8, 4) is 34.1 Å². The minimum absolute atomic E-state index is 0.0327. The Morgan fingerprint density at radius 2 is 1.38 bits per heavy atom. The molecule has 0 aliphatic carbocycles. The number of ether oxygens (including phenoxy) is 2. The van der Waals surface area contributed by atoms with Crippen LogP contribution in [-0.2, 0) is 17.4 Å². The first-order valence-corrected chi connectivity index (χ1v) is 14.4. The van der Waals surface area contributed by atoms with Crippen LogP contribution in [0.15, 0.2) is 126 Å². The predicted octanol–water partition coefficient (Wildman–Crippen LogP) is 9.52. The van der Waals surface area contributed by atoms with Crippen LogP contribution in [0.4, 0.5) is 13.2 Å². The Morgan fingerprint density at radius 1 is 0.733 bits per heavy atom. The van der Waals surface area contributed by atoms with Crippen molar-refractivity contribution in [2.45, 2.75) is 19.0 Å². The van der Waals surface area contributed by atoms with E-state index in [9.17, 15) is 22.8 Å². The number of hydrogen-bond acceptors (Lipinski definition) is 4. The van der Waals surface area contributed by atoms with E-state index in [0.717, 1.165) is 40.3 Å². The first-order valence-electron chi connectivity index (χ1n) is 13.6. The number of aliphatic carboxylic acids is 1. The summed E-state index contributed by atoms with van der Waals surface area (Å²) in [4.78, 5) is 22.0. The van der Waals surface area contributed by atoms with Gasteiger partial charge in [-0.3, -0.25) is 9.59 Å². The second-order valence-corrected chi connectivity index (χ2v) is 10.5. The number of rotatable bonds is 9. The van der Waals surface area contributed by atoms with Crippen molar-refractivity contribution < 1.29 is 37.3 Å². The molecular formula is C35H27BrF3NO5.